The van der Waals surface area contributed by atoms with Gasteiger partial charge in [0.25, 0.3) is 0 Å². The Morgan fingerprint density at radius 2 is 1.20 bits per heavy atom. The molecule has 0 saturated carbocycles. The minimum absolute atomic E-state index is 0.186. The molecule has 0 aliphatic carbocycles. The molecule has 0 N–H and O–H groups in total. The molecular weight excluding hydrogens is 208 g/mol. The van der Waals surface area contributed by atoms with Crippen LogP contribution in [0.15, 0.2) is 0 Å². The fraction of sp³-hybridized carbons (Fsp3) is 0.923. The van der Waals surface area contributed by atoms with Crippen molar-refractivity contribution in [1.82, 2.24) is 0 Å². The first-order valence-electron chi connectivity index (χ1n) is 6.45. The number of halogens is 1. The number of carbonyl (C=O) groups is 1. The summed E-state index contributed by atoms with van der Waals surface area (Å²) in [5.74, 6) is 0. The van der Waals surface area contributed by atoms with E-state index in [-0.39, 0.29) is 5.24 Å². The molecule has 0 aromatic rings. The maximum atomic E-state index is 10.4. The van der Waals surface area contributed by atoms with E-state index in [0.717, 1.165) is 12.8 Å². The van der Waals surface area contributed by atoms with Crippen LogP contribution < -0.4 is 0 Å². The average Bonchev–Trinajstić information content (AvgIpc) is 2.20. The summed E-state index contributed by atoms with van der Waals surface area (Å²) in [5, 5.41) is -0.186. The molecule has 0 amide bonds. The molecule has 0 bridgehead atoms. The molecule has 0 rings (SSSR count). The monoisotopic (exact) mass is 232 g/mol. The summed E-state index contributed by atoms with van der Waals surface area (Å²) in [4.78, 5) is 10.4. The van der Waals surface area contributed by atoms with E-state index in [9.17, 15) is 4.79 Å². The van der Waals surface area contributed by atoms with Crippen molar-refractivity contribution in [3.63, 3.8) is 0 Å². The van der Waals surface area contributed by atoms with Crippen LogP contribution in [-0.4, -0.2) is 5.24 Å². The number of rotatable bonds is 11. The van der Waals surface area contributed by atoms with E-state index >= 15 is 0 Å². The lowest BCUT2D eigenvalue weighted by Gasteiger charge is -2.01. The van der Waals surface area contributed by atoms with Gasteiger partial charge in [-0.1, -0.05) is 64.7 Å². The second kappa shape index (κ2) is 12.0. The Balaban J connectivity index is 2.89. The molecule has 90 valence electrons. The van der Waals surface area contributed by atoms with Gasteiger partial charge in [0.2, 0.25) is 5.24 Å². The van der Waals surface area contributed by atoms with E-state index in [1.807, 2.05) is 0 Å². The Bertz CT molecular complexity index is 145. The molecule has 0 atom stereocenters. The predicted octanol–water partition coefficient (Wildman–Crippen LogP) is 5.06. The van der Waals surface area contributed by atoms with Gasteiger partial charge in [0.15, 0.2) is 0 Å². The summed E-state index contributed by atoms with van der Waals surface area (Å²) in [7, 11) is 0. The van der Waals surface area contributed by atoms with Crippen LogP contribution in [0.5, 0.6) is 0 Å². The molecule has 1 nitrogen and oxygen atoms in total. The highest BCUT2D eigenvalue weighted by atomic mass is 35.5. The smallest absolute Gasteiger partial charge is 0.221 e. The summed E-state index contributed by atoms with van der Waals surface area (Å²) in [5.41, 5.74) is 0. The maximum absolute atomic E-state index is 10.4. The van der Waals surface area contributed by atoms with Gasteiger partial charge < -0.3 is 0 Å². The summed E-state index contributed by atoms with van der Waals surface area (Å²) in [6, 6.07) is 0. The lowest BCUT2D eigenvalue weighted by atomic mass is 10.1. The van der Waals surface area contributed by atoms with Crippen molar-refractivity contribution in [2.75, 3.05) is 0 Å². The van der Waals surface area contributed by atoms with Crippen LogP contribution in [0.25, 0.3) is 0 Å². The number of hydrogen-bond donors (Lipinski definition) is 0. The molecule has 0 unspecified atom stereocenters. The molecule has 0 saturated heterocycles. The Kier molecular flexibility index (Phi) is 12.0. The minimum Gasteiger partial charge on any atom is -0.281 e. The van der Waals surface area contributed by atoms with Gasteiger partial charge in [0.05, 0.1) is 0 Å². The van der Waals surface area contributed by atoms with Crippen LogP contribution >= 0.6 is 11.6 Å². The van der Waals surface area contributed by atoms with E-state index < -0.39 is 0 Å². The lowest BCUT2D eigenvalue weighted by molar-refractivity contribution is -0.111. The third kappa shape index (κ3) is 14.0. The lowest BCUT2D eigenvalue weighted by Crippen LogP contribution is -1.86. The Morgan fingerprint density at radius 3 is 1.60 bits per heavy atom. The Morgan fingerprint density at radius 1 is 0.800 bits per heavy atom. The molecule has 0 aromatic carbocycles. The van der Waals surface area contributed by atoms with Gasteiger partial charge in [-0.3, -0.25) is 4.79 Å². The molecule has 0 heterocycles. The molecule has 0 radical (unpaired) electrons. The Hall–Kier alpha value is -0.0400. The van der Waals surface area contributed by atoms with E-state index in [4.69, 9.17) is 11.6 Å². The second-order valence-corrected chi connectivity index (χ2v) is 4.71. The van der Waals surface area contributed by atoms with E-state index in [0.29, 0.717) is 6.42 Å². The summed E-state index contributed by atoms with van der Waals surface area (Å²) in [6.45, 7) is 2.25. The normalized spacial score (nSPS) is 10.5. The van der Waals surface area contributed by atoms with E-state index in [1.54, 1.807) is 0 Å². The van der Waals surface area contributed by atoms with Crippen LogP contribution in [0.3, 0.4) is 0 Å². The number of carbonyl (C=O) groups excluding carboxylic acids is 1. The zero-order valence-electron chi connectivity index (χ0n) is 10.1. The Labute approximate surface area is 99.6 Å². The van der Waals surface area contributed by atoms with Crippen LogP contribution in [0.4, 0.5) is 0 Å². The van der Waals surface area contributed by atoms with Crippen molar-refractivity contribution in [2.45, 2.75) is 77.6 Å². The molecule has 2 heteroatoms. The fourth-order valence-electron chi connectivity index (χ4n) is 1.75. The third-order valence-electron chi connectivity index (χ3n) is 2.73. The first-order chi connectivity index (χ1) is 7.27. The van der Waals surface area contributed by atoms with Gasteiger partial charge in [0.1, 0.15) is 0 Å². The number of hydrogen-bond acceptors (Lipinski definition) is 1. The fourth-order valence-corrected chi connectivity index (χ4v) is 1.89. The van der Waals surface area contributed by atoms with Crippen LogP contribution in [0.2, 0.25) is 0 Å². The van der Waals surface area contributed by atoms with Crippen molar-refractivity contribution in [3.8, 4) is 0 Å². The van der Waals surface area contributed by atoms with Crippen molar-refractivity contribution >= 4 is 16.8 Å². The zero-order chi connectivity index (χ0) is 11.4. The molecule has 15 heavy (non-hydrogen) atoms. The molecule has 0 spiro atoms. The zero-order valence-corrected chi connectivity index (χ0v) is 10.8. The summed E-state index contributed by atoms with van der Waals surface area (Å²) in [6.07, 6.45) is 13.5. The first kappa shape index (κ1) is 15.0. The van der Waals surface area contributed by atoms with Crippen molar-refractivity contribution in [2.24, 2.45) is 0 Å². The largest absolute Gasteiger partial charge is 0.281 e. The van der Waals surface area contributed by atoms with Gasteiger partial charge in [-0.05, 0) is 18.0 Å². The summed E-state index contributed by atoms with van der Waals surface area (Å²) >= 11 is 5.25. The van der Waals surface area contributed by atoms with E-state index in [1.165, 1.54) is 51.4 Å². The van der Waals surface area contributed by atoms with E-state index in [2.05, 4.69) is 6.92 Å². The van der Waals surface area contributed by atoms with Crippen molar-refractivity contribution in [3.05, 3.63) is 0 Å². The van der Waals surface area contributed by atoms with Crippen molar-refractivity contribution < 1.29 is 4.79 Å². The molecule has 0 aliphatic heterocycles. The third-order valence-corrected chi connectivity index (χ3v) is 2.92. The minimum atomic E-state index is -0.186. The highest BCUT2D eigenvalue weighted by Gasteiger charge is 1.96. The molecule has 0 aliphatic rings. The van der Waals surface area contributed by atoms with Gasteiger partial charge in [0, 0.05) is 6.42 Å². The van der Waals surface area contributed by atoms with Gasteiger partial charge in [-0.25, -0.2) is 0 Å². The standard InChI is InChI=1S/C13H25ClO/c1-2-3-4-5-6-7-8-9-10-11-12-13(14)15/h2-12H2,1H3. The van der Waals surface area contributed by atoms with Gasteiger partial charge in [-0.15, -0.1) is 0 Å². The van der Waals surface area contributed by atoms with Gasteiger partial charge in [-0.2, -0.15) is 0 Å². The van der Waals surface area contributed by atoms with Crippen LogP contribution in [0, 0.1) is 0 Å². The quantitative estimate of drug-likeness (QED) is 0.359. The molecular formula is C13H25ClO. The summed E-state index contributed by atoms with van der Waals surface area (Å²) < 4.78 is 0. The topological polar surface area (TPSA) is 17.1 Å². The van der Waals surface area contributed by atoms with Crippen molar-refractivity contribution in [1.29, 1.82) is 0 Å². The molecule has 0 fully saturated rings. The average molecular weight is 233 g/mol. The van der Waals surface area contributed by atoms with Crippen LogP contribution in [-0.2, 0) is 4.79 Å². The predicted molar refractivity (Wildman–Crippen MR) is 67.3 cm³/mol. The number of unbranched alkanes of at least 4 members (excludes halogenated alkanes) is 9. The second-order valence-electron chi connectivity index (χ2n) is 4.29. The highest BCUT2D eigenvalue weighted by Crippen LogP contribution is 2.11. The highest BCUT2D eigenvalue weighted by molar-refractivity contribution is 6.63. The molecule has 0 aromatic heterocycles. The maximum Gasteiger partial charge on any atom is 0.221 e. The van der Waals surface area contributed by atoms with Gasteiger partial charge >= 0.3 is 0 Å². The van der Waals surface area contributed by atoms with Crippen LogP contribution in [0.1, 0.15) is 77.6 Å². The first-order valence-corrected chi connectivity index (χ1v) is 6.83. The SMILES string of the molecule is CCCCCCCCCCCCC(=O)Cl.